The molecule has 1 aromatic heterocycles. The predicted octanol–water partition coefficient (Wildman–Crippen LogP) is 1.16. The van der Waals surface area contributed by atoms with Crippen molar-refractivity contribution in [3.8, 4) is 0 Å². The van der Waals surface area contributed by atoms with E-state index in [1.54, 1.807) is 0 Å². The van der Waals surface area contributed by atoms with Crippen LogP contribution in [0.3, 0.4) is 0 Å². The van der Waals surface area contributed by atoms with E-state index in [0.29, 0.717) is 0 Å². The summed E-state index contributed by atoms with van der Waals surface area (Å²) in [5, 5.41) is 6.63. The Bertz CT molecular complexity index is 425. The molecule has 1 aromatic carbocycles. The van der Waals surface area contributed by atoms with E-state index >= 15 is 0 Å². The van der Waals surface area contributed by atoms with Crippen molar-refractivity contribution in [2.45, 2.75) is 12.5 Å². The first-order valence-electron chi connectivity index (χ1n) is 4.85. The molecule has 1 heterocycles. The van der Waals surface area contributed by atoms with E-state index in [2.05, 4.69) is 67.5 Å². The highest BCUT2D eigenvalue weighted by molar-refractivity contribution is 14.1. The molecule has 0 saturated carbocycles. The molecule has 2 aromatic rings. The number of hydrogen-bond donors (Lipinski definition) is 3. The SMILES string of the molecule is NNC(Cc1ccc(I)cc1)c1ncn[nH]1. The van der Waals surface area contributed by atoms with Crippen molar-refractivity contribution in [2.75, 3.05) is 0 Å². The molecular formula is C10H12IN5. The average molecular weight is 329 g/mol. The standard InChI is InChI=1S/C10H12IN5/c11-8-3-1-7(2-4-8)5-9(15-12)10-13-6-14-16-10/h1-4,6,9,15H,5,12H2,(H,13,14,16). The molecule has 0 saturated heterocycles. The molecule has 6 heteroatoms. The largest absolute Gasteiger partial charge is 0.271 e. The van der Waals surface area contributed by atoms with Crippen LogP contribution in [0.1, 0.15) is 17.4 Å². The number of H-pyrrole nitrogens is 1. The second-order valence-corrected chi connectivity index (χ2v) is 4.67. The van der Waals surface area contributed by atoms with E-state index in [1.165, 1.54) is 15.5 Å². The molecule has 16 heavy (non-hydrogen) atoms. The zero-order valence-electron chi connectivity index (χ0n) is 8.52. The summed E-state index contributed by atoms with van der Waals surface area (Å²) in [6.45, 7) is 0. The van der Waals surface area contributed by atoms with Crippen molar-refractivity contribution in [1.29, 1.82) is 0 Å². The first-order valence-corrected chi connectivity index (χ1v) is 5.93. The van der Waals surface area contributed by atoms with Gasteiger partial charge >= 0.3 is 0 Å². The van der Waals surface area contributed by atoms with Crippen LogP contribution < -0.4 is 11.3 Å². The zero-order chi connectivity index (χ0) is 11.4. The third-order valence-electron chi connectivity index (χ3n) is 2.32. The molecule has 4 N–H and O–H groups in total. The zero-order valence-corrected chi connectivity index (χ0v) is 10.7. The minimum absolute atomic E-state index is 0.0393. The second kappa shape index (κ2) is 5.37. The Morgan fingerprint density at radius 2 is 2.12 bits per heavy atom. The molecule has 5 nitrogen and oxygen atoms in total. The van der Waals surface area contributed by atoms with Gasteiger partial charge in [0.15, 0.2) is 0 Å². The van der Waals surface area contributed by atoms with Crippen molar-refractivity contribution in [1.82, 2.24) is 20.6 Å². The summed E-state index contributed by atoms with van der Waals surface area (Å²) in [4.78, 5) is 4.09. The van der Waals surface area contributed by atoms with Crippen LogP contribution in [0.2, 0.25) is 0 Å². The maximum atomic E-state index is 5.50. The Labute approximate surface area is 107 Å². The maximum Gasteiger partial charge on any atom is 0.143 e. The normalized spacial score (nSPS) is 12.6. The highest BCUT2D eigenvalue weighted by Gasteiger charge is 2.12. The summed E-state index contributed by atoms with van der Waals surface area (Å²) in [5.41, 5.74) is 3.94. The number of nitrogens with zero attached hydrogens (tertiary/aromatic N) is 2. The number of benzene rings is 1. The van der Waals surface area contributed by atoms with Crippen LogP contribution in [0.25, 0.3) is 0 Å². The molecular weight excluding hydrogens is 317 g/mol. The van der Waals surface area contributed by atoms with Crippen molar-refractivity contribution >= 4 is 22.6 Å². The lowest BCUT2D eigenvalue weighted by molar-refractivity contribution is 0.524. The van der Waals surface area contributed by atoms with E-state index < -0.39 is 0 Å². The smallest absolute Gasteiger partial charge is 0.143 e. The third-order valence-corrected chi connectivity index (χ3v) is 3.04. The van der Waals surface area contributed by atoms with Crippen LogP contribution >= 0.6 is 22.6 Å². The van der Waals surface area contributed by atoms with Gasteiger partial charge < -0.3 is 0 Å². The quantitative estimate of drug-likeness (QED) is 0.447. The van der Waals surface area contributed by atoms with Crippen LogP contribution in [0.4, 0.5) is 0 Å². The minimum Gasteiger partial charge on any atom is -0.271 e. The molecule has 0 spiro atoms. The number of nitrogens with one attached hydrogen (secondary N) is 2. The fourth-order valence-corrected chi connectivity index (χ4v) is 1.83. The Balaban J connectivity index is 2.10. The number of aromatic nitrogens is 3. The van der Waals surface area contributed by atoms with Crippen molar-refractivity contribution in [3.63, 3.8) is 0 Å². The highest BCUT2D eigenvalue weighted by Crippen LogP contribution is 2.14. The monoisotopic (exact) mass is 329 g/mol. The van der Waals surface area contributed by atoms with Crippen LogP contribution in [0.5, 0.6) is 0 Å². The number of aromatic amines is 1. The number of nitrogens with two attached hydrogens (primary N) is 1. The lowest BCUT2D eigenvalue weighted by Gasteiger charge is -2.12. The summed E-state index contributed by atoms with van der Waals surface area (Å²) in [7, 11) is 0. The Morgan fingerprint density at radius 3 is 2.69 bits per heavy atom. The first kappa shape index (κ1) is 11.5. The lowest BCUT2D eigenvalue weighted by atomic mass is 10.1. The molecule has 2 rings (SSSR count). The van der Waals surface area contributed by atoms with Gasteiger partial charge in [-0.05, 0) is 46.7 Å². The first-order chi connectivity index (χ1) is 7.79. The van der Waals surface area contributed by atoms with E-state index in [-0.39, 0.29) is 6.04 Å². The molecule has 1 unspecified atom stereocenters. The summed E-state index contributed by atoms with van der Waals surface area (Å²) < 4.78 is 1.22. The van der Waals surface area contributed by atoms with Crippen LogP contribution in [-0.2, 0) is 6.42 Å². The molecule has 0 fully saturated rings. The van der Waals surface area contributed by atoms with Gasteiger partial charge in [-0.1, -0.05) is 12.1 Å². The fourth-order valence-electron chi connectivity index (χ4n) is 1.47. The summed E-state index contributed by atoms with van der Waals surface area (Å²) in [6, 6.07) is 8.28. The number of halogens is 1. The van der Waals surface area contributed by atoms with Crippen LogP contribution in [0, 0.1) is 3.57 Å². The van der Waals surface area contributed by atoms with Gasteiger partial charge in [0, 0.05) is 3.57 Å². The van der Waals surface area contributed by atoms with E-state index in [9.17, 15) is 0 Å². The summed E-state index contributed by atoms with van der Waals surface area (Å²) >= 11 is 2.28. The molecule has 84 valence electrons. The van der Waals surface area contributed by atoms with Gasteiger partial charge in [0.1, 0.15) is 12.2 Å². The molecule has 0 aliphatic carbocycles. The topological polar surface area (TPSA) is 79.6 Å². The van der Waals surface area contributed by atoms with Gasteiger partial charge in [0.25, 0.3) is 0 Å². The van der Waals surface area contributed by atoms with Crippen molar-refractivity contribution in [3.05, 3.63) is 45.6 Å². The van der Waals surface area contributed by atoms with E-state index in [1.807, 2.05) is 0 Å². The van der Waals surface area contributed by atoms with Gasteiger partial charge in [-0.2, -0.15) is 5.10 Å². The van der Waals surface area contributed by atoms with Gasteiger partial charge in [-0.25, -0.2) is 10.4 Å². The second-order valence-electron chi connectivity index (χ2n) is 3.42. The average Bonchev–Trinajstić information content (AvgIpc) is 2.82. The minimum atomic E-state index is -0.0393. The molecule has 0 radical (unpaired) electrons. The van der Waals surface area contributed by atoms with Crippen LogP contribution in [-0.4, -0.2) is 15.2 Å². The molecule has 0 aliphatic heterocycles. The van der Waals surface area contributed by atoms with Gasteiger partial charge in [0.2, 0.25) is 0 Å². The molecule has 1 atom stereocenters. The number of rotatable bonds is 4. The molecule has 0 amide bonds. The Morgan fingerprint density at radius 1 is 1.38 bits per heavy atom. The van der Waals surface area contributed by atoms with Crippen LogP contribution in [0.15, 0.2) is 30.6 Å². The summed E-state index contributed by atoms with van der Waals surface area (Å²) in [5.74, 6) is 6.25. The number of hydrazine groups is 1. The Hall–Kier alpha value is -0.990. The molecule has 0 bridgehead atoms. The fraction of sp³-hybridized carbons (Fsp3) is 0.200. The van der Waals surface area contributed by atoms with E-state index in [0.717, 1.165) is 12.2 Å². The summed E-state index contributed by atoms with van der Waals surface area (Å²) in [6.07, 6.45) is 2.26. The van der Waals surface area contributed by atoms with Crippen molar-refractivity contribution < 1.29 is 0 Å². The highest BCUT2D eigenvalue weighted by atomic mass is 127. The van der Waals surface area contributed by atoms with Crippen molar-refractivity contribution in [2.24, 2.45) is 5.84 Å². The van der Waals surface area contributed by atoms with Gasteiger partial charge in [0.05, 0.1) is 6.04 Å². The van der Waals surface area contributed by atoms with E-state index in [4.69, 9.17) is 5.84 Å². The predicted molar refractivity (Wildman–Crippen MR) is 69.3 cm³/mol. The van der Waals surface area contributed by atoms with Gasteiger partial charge in [-0.15, -0.1) is 0 Å². The lowest BCUT2D eigenvalue weighted by Crippen LogP contribution is -2.30. The maximum absolute atomic E-state index is 5.50. The van der Waals surface area contributed by atoms with Gasteiger partial charge in [-0.3, -0.25) is 10.9 Å². The third kappa shape index (κ3) is 2.77. The molecule has 0 aliphatic rings. The Kier molecular flexibility index (Phi) is 3.86. The number of hydrogen-bond acceptors (Lipinski definition) is 4.